The number of carbonyl (C=O) groups excluding carboxylic acids is 1. The van der Waals surface area contributed by atoms with E-state index in [1.54, 1.807) is 0 Å². The van der Waals surface area contributed by atoms with Crippen molar-refractivity contribution in [2.75, 3.05) is 11.1 Å². The molecule has 0 fully saturated rings. The molecule has 3 aromatic carbocycles. The standard InChI is InChI=1S/C25H21N5O/c1-16-11-13-18(14-12-16)27-25(31)21-22-24(29-20-10-6-5-9-19(20)28-22)30(23(21)26)15-17-7-3-2-4-8-17/h2-14H,15,26H2,1H3,(H,27,31). The third-order valence-corrected chi connectivity index (χ3v) is 5.31. The zero-order valence-corrected chi connectivity index (χ0v) is 17.0. The molecule has 0 aliphatic heterocycles. The number of para-hydroxylation sites is 2. The van der Waals surface area contributed by atoms with Gasteiger partial charge in [0.25, 0.3) is 5.91 Å². The number of hydrogen-bond donors (Lipinski definition) is 2. The summed E-state index contributed by atoms with van der Waals surface area (Å²) in [5.41, 5.74) is 12.3. The van der Waals surface area contributed by atoms with Crippen LogP contribution in [0.4, 0.5) is 11.5 Å². The maximum Gasteiger partial charge on any atom is 0.261 e. The van der Waals surface area contributed by atoms with Gasteiger partial charge in [0.2, 0.25) is 0 Å². The highest BCUT2D eigenvalue weighted by molar-refractivity contribution is 6.16. The minimum Gasteiger partial charge on any atom is -0.384 e. The number of aromatic nitrogens is 3. The summed E-state index contributed by atoms with van der Waals surface area (Å²) >= 11 is 0. The largest absolute Gasteiger partial charge is 0.384 e. The van der Waals surface area contributed by atoms with Crippen molar-refractivity contribution in [3.8, 4) is 0 Å². The molecule has 5 rings (SSSR count). The van der Waals surface area contributed by atoms with Crippen LogP contribution in [0.25, 0.3) is 22.2 Å². The maximum atomic E-state index is 13.3. The Morgan fingerprint density at radius 1 is 0.903 bits per heavy atom. The van der Waals surface area contributed by atoms with Crippen molar-refractivity contribution in [2.45, 2.75) is 13.5 Å². The van der Waals surface area contributed by atoms with Gasteiger partial charge in [-0.3, -0.25) is 4.79 Å². The van der Waals surface area contributed by atoms with Gasteiger partial charge in [-0.25, -0.2) is 9.97 Å². The maximum absolute atomic E-state index is 13.3. The highest BCUT2D eigenvalue weighted by Gasteiger charge is 2.24. The fourth-order valence-electron chi connectivity index (χ4n) is 3.70. The summed E-state index contributed by atoms with van der Waals surface area (Å²) < 4.78 is 1.86. The first-order valence-electron chi connectivity index (χ1n) is 10.1. The van der Waals surface area contributed by atoms with E-state index in [9.17, 15) is 4.79 Å². The van der Waals surface area contributed by atoms with Crippen molar-refractivity contribution in [1.82, 2.24) is 14.5 Å². The lowest BCUT2D eigenvalue weighted by Gasteiger charge is -2.08. The van der Waals surface area contributed by atoms with Crippen LogP contribution in [0.15, 0.2) is 78.9 Å². The first-order valence-corrected chi connectivity index (χ1v) is 10.1. The average molecular weight is 407 g/mol. The molecule has 3 N–H and O–H groups in total. The lowest BCUT2D eigenvalue weighted by Crippen LogP contribution is -2.15. The Labute approximate surface area is 179 Å². The Bertz CT molecular complexity index is 1410. The van der Waals surface area contributed by atoms with E-state index in [4.69, 9.17) is 15.7 Å². The van der Waals surface area contributed by atoms with Crippen LogP contribution < -0.4 is 11.1 Å². The number of carbonyl (C=O) groups is 1. The number of anilines is 2. The van der Waals surface area contributed by atoms with E-state index >= 15 is 0 Å². The topological polar surface area (TPSA) is 85.8 Å². The van der Waals surface area contributed by atoms with E-state index < -0.39 is 0 Å². The summed E-state index contributed by atoms with van der Waals surface area (Å²) in [4.78, 5) is 22.8. The minimum atomic E-state index is -0.303. The minimum absolute atomic E-state index is 0.303. The Balaban J connectivity index is 1.67. The molecule has 1 amide bonds. The zero-order valence-electron chi connectivity index (χ0n) is 17.0. The molecule has 2 aromatic heterocycles. The molecular weight excluding hydrogens is 386 g/mol. The first kappa shape index (κ1) is 18.8. The molecule has 152 valence electrons. The van der Waals surface area contributed by atoms with Crippen LogP contribution in [-0.2, 0) is 6.54 Å². The third-order valence-electron chi connectivity index (χ3n) is 5.31. The van der Waals surface area contributed by atoms with Crippen molar-refractivity contribution in [2.24, 2.45) is 0 Å². The summed E-state index contributed by atoms with van der Waals surface area (Å²) in [7, 11) is 0. The first-order chi connectivity index (χ1) is 15.1. The molecule has 0 saturated carbocycles. The third kappa shape index (κ3) is 3.48. The number of fused-ring (bicyclic) bond motifs is 2. The number of aryl methyl sites for hydroxylation is 1. The smallest absolute Gasteiger partial charge is 0.261 e. The summed E-state index contributed by atoms with van der Waals surface area (Å²) in [5, 5.41) is 2.94. The van der Waals surface area contributed by atoms with Crippen LogP contribution >= 0.6 is 0 Å². The summed E-state index contributed by atoms with van der Waals surface area (Å²) in [6.45, 7) is 2.50. The average Bonchev–Trinajstić information content (AvgIpc) is 3.05. The Morgan fingerprint density at radius 3 is 2.26 bits per heavy atom. The summed E-state index contributed by atoms with van der Waals surface area (Å²) in [6, 6.07) is 25.2. The number of rotatable bonds is 4. The Kier molecular flexibility index (Phi) is 4.59. The molecular formula is C25H21N5O. The molecule has 0 spiro atoms. The zero-order chi connectivity index (χ0) is 21.4. The van der Waals surface area contributed by atoms with Gasteiger partial charge in [0.05, 0.1) is 17.6 Å². The van der Waals surface area contributed by atoms with Crippen molar-refractivity contribution in [3.05, 3.63) is 95.6 Å². The van der Waals surface area contributed by atoms with E-state index in [-0.39, 0.29) is 5.91 Å². The Hall–Kier alpha value is -4.19. The fourth-order valence-corrected chi connectivity index (χ4v) is 3.70. The molecule has 0 bridgehead atoms. The predicted molar refractivity (Wildman–Crippen MR) is 124 cm³/mol. The van der Waals surface area contributed by atoms with Gasteiger partial charge in [-0.15, -0.1) is 0 Å². The van der Waals surface area contributed by atoms with Crippen molar-refractivity contribution >= 4 is 39.6 Å². The molecule has 0 atom stereocenters. The molecule has 0 saturated heterocycles. The second-order valence-corrected chi connectivity index (χ2v) is 7.54. The van der Waals surface area contributed by atoms with Crippen LogP contribution in [0.1, 0.15) is 21.5 Å². The SMILES string of the molecule is Cc1ccc(NC(=O)c2c(N)n(Cc3ccccc3)c3nc4ccccc4nc23)cc1. The normalized spacial score (nSPS) is 11.1. The molecule has 5 aromatic rings. The van der Waals surface area contributed by atoms with Gasteiger partial charge >= 0.3 is 0 Å². The Morgan fingerprint density at radius 2 is 1.55 bits per heavy atom. The monoisotopic (exact) mass is 407 g/mol. The second kappa shape index (κ2) is 7.57. The van der Waals surface area contributed by atoms with Gasteiger partial charge in [0.15, 0.2) is 5.65 Å². The van der Waals surface area contributed by atoms with Gasteiger partial charge in [0.1, 0.15) is 16.9 Å². The number of nitrogens with two attached hydrogens (primary N) is 1. The highest BCUT2D eigenvalue weighted by atomic mass is 16.1. The fraction of sp³-hybridized carbons (Fsp3) is 0.0800. The number of nitrogens with one attached hydrogen (secondary N) is 1. The quantitative estimate of drug-likeness (QED) is 0.449. The van der Waals surface area contributed by atoms with Crippen LogP contribution in [0.3, 0.4) is 0 Å². The van der Waals surface area contributed by atoms with Crippen molar-refractivity contribution in [1.29, 1.82) is 0 Å². The summed E-state index contributed by atoms with van der Waals surface area (Å²) in [6.07, 6.45) is 0. The van der Waals surface area contributed by atoms with E-state index in [0.29, 0.717) is 34.8 Å². The molecule has 2 heterocycles. The molecule has 0 radical (unpaired) electrons. The van der Waals surface area contributed by atoms with Crippen LogP contribution in [0.2, 0.25) is 0 Å². The van der Waals surface area contributed by atoms with Gasteiger partial charge in [0, 0.05) is 5.69 Å². The van der Waals surface area contributed by atoms with E-state index in [2.05, 4.69) is 5.32 Å². The van der Waals surface area contributed by atoms with Crippen LogP contribution in [0, 0.1) is 6.92 Å². The van der Waals surface area contributed by atoms with Gasteiger partial charge in [-0.1, -0.05) is 60.2 Å². The number of amides is 1. The molecule has 31 heavy (non-hydrogen) atoms. The van der Waals surface area contributed by atoms with Crippen LogP contribution in [-0.4, -0.2) is 20.4 Å². The number of hydrogen-bond acceptors (Lipinski definition) is 4. The van der Waals surface area contributed by atoms with Crippen LogP contribution in [0.5, 0.6) is 0 Å². The molecule has 6 nitrogen and oxygen atoms in total. The van der Waals surface area contributed by atoms with Gasteiger partial charge < -0.3 is 15.6 Å². The lowest BCUT2D eigenvalue weighted by molar-refractivity contribution is 0.102. The lowest BCUT2D eigenvalue weighted by atomic mass is 10.2. The molecule has 0 aliphatic carbocycles. The van der Waals surface area contributed by atoms with Gasteiger partial charge in [-0.2, -0.15) is 0 Å². The van der Waals surface area contributed by atoms with Crippen molar-refractivity contribution < 1.29 is 4.79 Å². The highest BCUT2D eigenvalue weighted by Crippen LogP contribution is 2.29. The molecule has 0 unspecified atom stereocenters. The molecule has 0 aliphatic rings. The summed E-state index contributed by atoms with van der Waals surface area (Å²) in [5.74, 6) is 0.0431. The van der Waals surface area contributed by atoms with E-state index in [1.807, 2.05) is 90.4 Å². The van der Waals surface area contributed by atoms with E-state index in [0.717, 1.165) is 22.2 Å². The number of benzene rings is 3. The number of nitrogens with zero attached hydrogens (tertiary/aromatic N) is 3. The predicted octanol–water partition coefficient (Wildman–Crippen LogP) is 4.78. The van der Waals surface area contributed by atoms with Crippen molar-refractivity contribution in [3.63, 3.8) is 0 Å². The van der Waals surface area contributed by atoms with Gasteiger partial charge in [-0.05, 0) is 36.8 Å². The van der Waals surface area contributed by atoms with E-state index in [1.165, 1.54) is 0 Å². The second-order valence-electron chi connectivity index (χ2n) is 7.54. The molecule has 6 heteroatoms. The number of nitrogen functional groups attached to an aromatic ring is 1.